The first-order chi connectivity index (χ1) is 14.9. The van der Waals surface area contributed by atoms with Gasteiger partial charge in [0.05, 0.1) is 7.11 Å². The van der Waals surface area contributed by atoms with E-state index in [2.05, 4.69) is 10.6 Å². The average Bonchev–Trinajstić information content (AvgIpc) is 2.71. The van der Waals surface area contributed by atoms with Gasteiger partial charge in [0.15, 0.2) is 0 Å². The van der Waals surface area contributed by atoms with Gasteiger partial charge in [0, 0.05) is 6.42 Å². The molecule has 0 aliphatic carbocycles. The number of amides is 2. The van der Waals surface area contributed by atoms with Gasteiger partial charge in [0.1, 0.15) is 24.3 Å². The lowest BCUT2D eigenvalue weighted by molar-refractivity contribution is -0.148. The number of hydrogen-bond donors (Lipinski definition) is 2. The third-order valence-corrected chi connectivity index (χ3v) is 4.30. The van der Waals surface area contributed by atoms with E-state index >= 15 is 0 Å². The molecule has 0 aromatic heterocycles. The number of nitrogens with one attached hydrogen (secondary N) is 2. The Morgan fingerprint density at radius 1 is 1.00 bits per heavy atom. The summed E-state index contributed by atoms with van der Waals surface area (Å²) >= 11 is 0. The van der Waals surface area contributed by atoms with E-state index in [1.807, 2.05) is 30.3 Å². The third-order valence-electron chi connectivity index (χ3n) is 4.30. The third kappa shape index (κ3) is 10.3. The zero-order valence-corrected chi connectivity index (χ0v) is 19.6. The summed E-state index contributed by atoms with van der Waals surface area (Å²) in [6.45, 7) is 8.74. The van der Waals surface area contributed by atoms with Crippen molar-refractivity contribution >= 4 is 23.9 Å². The first-order valence-electron chi connectivity index (χ1n) is 10.5. The van der Waals surface area contributed by atoms with Gasteiger partial charge in [0.25, 0.3) is 0 Å². The van der Waals surface area contributed by atoms with E-state index in [1.165, 1.54) is 7.11 Å². The van der Waals surface area contributed by atoms with Crippen molar-refractivity contribution < 1.29 is 33.4 Å². The highest BCUT2D eigenvalue weighted by atomic mass is 16.6. The second-order valence-electron chi connectivity index (χ2n) is 8.64. The molecule has 1 aromatic carbocycles. The van der Waals surface area contributed by atoms with Crippen molar-refractivity contribution in [3.8, 4) is 0 Å². The van der Waals surface area contributed by atoms with Crippen LogP contribution in [0.2, 0.25) is 0 Å². The van der Waals surface area contributed by atoms with E-state index in [4.69, 9.17) is 14.2 Å². The Morgan fingerprint density at radius 3 is 2.16 bits per heavy atom. The number of esters is 2. The summed E-state index contributed by atoms with van der Waals surface area (Å²) in [5, 5.41) is 5.08. The normalized spacial score (nSPS) is 13.0. The van der Waals surface area contributed by atoms with Crippen LogP contribution in [0.5, 0.6) is 0 Å². The molecule has 2 amide bonds. The molecule has 0 spiro atoms. The van der Waals surface area contributed by atoms with Gasteiger partial charge in [-0.25, -0.2) is 9.59 Å². The number of methoxy groups -OCH3 is 1. The zero-order valence-electron chi connectivity index (χ0n) is 19.6. The number of carbonyl (C=O) groups excluding carboxylic acids is 4. The molecular weight excluding hydrogens is 416 g/mol. The van der Waals surface area contributed by atoms with Crippen molar-refractivity contribution in [2.75, 3.05) is 7.11 Å². The lowest BCUT2D eigenvalue weighted by Crippen LogP contribution is -2.54. The Balaban J connectivity index is 2.69. The molecule has 0 radical (unpaired) electrons. The first kappa shape index (κ1) is 26.9. The monoisotopic (exact) mass is 450 g/mol. The van der Waals surface area contributed by atoms with Crippen LogP contribution in [0.1, 0.15) is 53.0 Å². The molecule has 2 N–H and O–H groups in total. The molecule has 9 nitrogen and oxygen atoms in total. The molecule has 32 heavy (non-hydrogen) atoms. The van der Waals surface area contributed by atoms with Crippen molar-refractivity contribution in [1.29, 1.82) is 0 Å². The predicted octanol–water partition coefficient (Wildman–Crippen LogP) is 2.72. The number of hydrogen-bond acceptors (Lipinski definition) is 7. The van der Waals surface area contributed by atoms with Crippen LogP contribution >= 0.6 is 0 Å². The molecule has 1 rings (SSSR count). The van der Waals surface area contributed by atoms with E-state index in [9.17, 15) is 19.2 Å². The zero-order chi connectivity index (χ0) is 24.3. The maximum atomic E-state index is 12.8. The summed E-state index contributed by atoms with van der Waals surface area (Å²) in [7, 11) is 1.19. The van der Waals surface area contributed by atoms with Gasteiger partial charge in [-0.05, 0) is 38.7 Å². The minimum absolute atomic E-state index is 0.0106. The molecule has 0 bridgehead atoms. The Bertz CT molecular complexity index is 772. The van der Waals surface area contributed by atoms with Gasteiger partial charge in [-0.15, -0.1) is 0 Å². The van der Waals surface area contributed by atoms with Crippen LogP contribution in [0, 0.1) is 5.92 Å². The molecular formula is C23H34N2O7. The van der Waals surface area contributed by atoms with Crippen LogP contribution < -0.4 is 10.6 Å². The van der Waals surface area contributed by atoms with Crippen LogP contribution in [0.15, 0.2) is 30.3 Å². The quantitative estimate of drug-likeness (QED) is 0.415. The molecule has 0 heterocycles. The summed E-state index contributed by atoms with van der Waals surface area (Å²) in [5.74, 6) is -2.08. The molecule has 0 fully saturated rings. The SMILES string of the molecule is COC(=O)[C@@H](CCC(=O)OCc1ccccc1)NC(=O)[C@@H](NC(=O)OC(C)(C)C)C(C)C. The Hall–Kier alpha value is -3.10. The summed E-state index contributed by atoms with van der Waals surface area (Å²) in [6, 6.07) is 7.17. The predicted molar refractivity (Wildman–Crippen MR) is 117 cm³/mol. The summed E-state index contributed by atoms with van der Waals surface area (Å²) in [4.78, 5) is 49.1. The van der Waals surface area contributed by atoms with E-state index in [-0.39, 0.29) is 25.4 Å². The highest BCUT2D eigenvalue weighted by molar-refractivity contribution is 5.90. The number of benzene rings is 1. The van der Waals surface area contributed by atoms with E-state index in [0.717, 1.165) is 5.56 Å². The maximum absolute atomic E-state index is 12.8. The van der Waals surface area contributed by atoms with E-state index in [1.54, 1.807) is 34.6 Å². The maximum Gasteiger partial charge on any atom is 0.408 e. The fraction of sp³-hybridized carbons (Fsp3) is 0.565. The lowest BCUT2D eigenvalue weighted by atomic mass is 10.0. The van der Waals surface area contributed by atoms with Gasteiger partial charge in [-0.2, -0.15) is 0 Å². The van der Waals surface area contributed by atoms with Crippen molar-refractivity contribution in [3.63, 3.8) is 0 Å². The van der Waals surface area contributed by atoms with Gasteiger partial charge >= 0.3 is 18.0 Å². The second kappa shape index (κ2) is 12.7. The van der Waals surface area contributed by atoms with E-state index in [0.29, 0.717) is 0 Å². The van der Waals surface area contributed by atoms with Crippen LogP contribution in [0.4, 0.5) is 4.79 Å². The van der Waals surface area contributed by atoms with Gasteiger partial charge in [0.2, 0.25) is 5.91 Å². The number of ether oxygens (including phenoxy) is 3. The second-order valence-corrected chi connectivity index (χ2v) is 8.64. The minimum atomic E-state index is -1.07. The van der Waals surface area contributed by atoms with Crippen LogP contribution in [0.3, 0.4) is 0 Å². The number of rotatable bonds is 10. The Labute approximate surface area is 189 Å². The minimum Gasteiger partial charge on any atom is -0.467 e. The van der Waals surface area contributed by atoms with Gasteiger partial charge < -0.3 is 24.8 Å². The largest absolute Gasteiger partial charge is 0.467 e. The summed E-state index contributed by atoms with van der Waals surface area (Å²) in [6.07, 6.45) is -0.854. The Morgan fingerprint density at radius 2 is 1.62 bits per heavy atom. The lowest BCUT2D eigenvalue weighted by Gasteiger charge is -2.26. The highest BCUT2D eigenvalue weighted by Gasteiger charge is 2.31. The molecule has 9 heteroatoms. The smallest absolute Gasteiger partial charge is 0.408 e. The number of carbonyl (C=O) groups is 4. The topological polar surface area (TPSA) is 120 Å². The standard InChI is InChI=1S/C23H34N2O7/c1-15(2)19(25-22(29)32-23(3,4)5)20(27)24-17(21(28)30-6)12-13-18(26)31-14-16-10-8-7-9-11-16/h7-11,15,17,19H,12-14H2,1-6H3,(H,24,27)(H,25,29)/t17-,19+/m1/s1. The van der Waals surface area contributed by atoms with Crippen molar-refractivity contribution in [2.24, 2.45) is 5.92 Å². The highest BCUT2D eigenvalue weighted by Crippen LogP contribution is 2.10. The van der Waals surface area contributed by atoms with Crippen molar-refractivity contribution in [2.45, 2.75) is 71.8 Å². The van der Waals surface area contributed by atoms with Crippen molar-refractivity contribution in [1.82, 2.24) is 10.6 Å². The van der Waals surface area contributed by atoms with E-state index < -0.39 is 41.6 Å². The molecule has 178 valence electrons. The molecule has 0 saturated heterocycles. The average molecular weight is 451 g/mol. The fourth-order valence-electron chi connectivity index (χ4n) is 2.69. The summed E-state index contributed by atoms with van der Waals surface area (Å²) in [5.41, 5.74) is 0.114. The van der Waals surface area contributed by atoms with Crippen molar-refractivity contribution in [3.05, 3.63) is 35.9 Å². The molecule has 0 unspecified atom stereocenters. The van der Waals surface area contributed by atoms with Crippen LogP contribution in [-0.4, -0.2) is 48.7 Å². The molecule has 0 aliphatic rings. The molecule has 1 aromatic rings. The van der Waals surface area contributed by atoms with Gasteiger partial charge in [-0.1, -0.05) is 44.2 Å². The van der Waals surface area contributed by atoms with Gasteiger partial charge in [-0.3, -0.25) is 9.59 Å². The van der Waals surface area contributed by atoms with Crippen LogP contribution in [0.25, 0.3) is 0 Å². The number of alkyl carbamates (subject to hydrolysis) is 1. The fourth-order valence-corrected chi connectivity index (χ4v) is 2.69. The Kier molecular flexibility index (Phi) is 10.7. The first-order valence-corrected chi connectivity index (χ1v) is 10.5. The molecule has 0 saturated carbocycles. The molecule has 2 atom stereocenters. The van der Waals surface area contributed by atoms with Crippen LogP contribution in [-0.2, 0) is 35.2 Å². The molecule has 0 aliphatic heterocycles. The summed E-state index contributed by atoms with van der Waals surface area (Å²) < 4.78 is 15.2.